The maximum atomic E-state index is 4.64. The molecule has 0 amide bonds. The van der Waals surface area contributed by atoms with Gasteiger partial charge < -0.3 is 9.88 Å². The van der Waals surface area contributed by atoms with Crippen molar-refractivity contribution in [2.45, 2.75) is 6.54 Å². The maximum Gasteiger partial charge on any atom is 0.203 e. The molecule has 0 spiro atoms. The van der Waals surface area contributed by atoms with Gasteiger partial charge in [-0.25, -0.2) is 4.98 Å². The summed E-state index contributed by atoms with van der Waals surface area (Å²) < 4.78 is 3.83. The van der Waals surface area contributed by atoms with Crippen molar-refractivity contribution >= 4 is 17.0 Å². The van der Waals surface area contributed by atoms with Gasteiger partial charge in [-0.15, -0.1) is 0 Å². The van der Waals surface area contributed by atoms with E-state index in [4.69, 9.17) is 0 Å². The van der Waals surface area contributed by atoms with Crippen LogP contribution in [0.15, 0.2) is 55.0 Å². The van der Waals surface area contributed by atoms with E-state index >= 15 is 0 Å². The molecule has 0 aliphatic rings. The van der Waals surface area contributed by atoms with Crippen molar-refractivity contribution in [1.82, 2.24) is 24.3 Å². The second-order valence-electron chi connectivity index (χ2n) is 5.79. The third-order valence-corrected chi connectivity index (χ3v) is 4.06. The molecule has 0 aliphatic carbocycles. The normalized spacial score (nSPS) is 11.1. The molecule has 120 valence electrons. The van der Waals surface area contributed by atoms with Gasteiger partial charge in [0.1, 0.15) is 5.52 Å². The van der Waals surface area contributed by atoms with Crippen LogP contribution in [0.25, 0.3) is 22.3 Å². The van der Waals surface area contributed by atoms with Crippen LogP contribution in [-0.4, -0.2) is 24.3 Å². The quantitative estimate of drug-likeness (QED) is 0.628. The van der Waals surface area contributed by atoms with Gasteiger partial charge in [-0.1, -0.05) is 30.3 Å². The Labute approximate surface area is 139 Å². The van der Waals surface area contributed by atoms with E-state index in [0.717, 1.165) is 34.8 Å². The van der Waals surface area contributed by atoms with E-state index in [1.807, 2.05) is 57.0 Å². The number of nitrogens with one attached hydrogen (secondary N) is 1. The molecular weight excluding hydrogens is 300 g/mol. The molecule has 0 radical (unpaired) electrons. The second kappa shape index (κ2) is 5.81. The van der Waals surface area contributed by atoms with Crippen molar-refractivity contribution in [3.63, 3.8) is 0 Å². The first-order valence-corrected chi connectivity index (χ1v) is 7.80. The highest BCUT2D eigenvalue weighted by molar-refractivity contribution is 5.81. The summed E-state index contributed by atoms with van der Waals surface area (Å²) in [6.07, 6.45) is 5.59. The lowest BCUT2D eigenvalue weighted by Gasteiger charge is -2.06. The van der Waals surface area contributed by atoms with Crippen LogP contribution in [-0.2, 0) is 20.6 Å². The van der Waals surface area contributed by atoms with Gasteiger partial charge in [-0.2, -0.15) is 5.10 Å². The number of fused-ring (bicyclic) bond motifs is 1. The minimum Gasteiger partial charge on any atom is -0.352 e. The lowest BCUT2D eigenvalue weighted by Crippen LogP contribution is -2.04. The van der Waals surface area contributed by atoms with Crippen LogP contribution in [0.5, 0.6) is 0 Å². The van der Waals surface area contributed by atoms with Gasteiger partial charge in [0.05, 0.1) is 23.6 Å². The van der Waals surface area contributed by atoms with E-state index in [0.29, 0.717) is 0 Å². The van der Waals surface area contributed by atoms with Gasteiger partial charge >= 0.3 is 0 Å². The summed E-state index contributed by atoms with van der Waals surface area (Å²) in [6, 6.07) is 12.3. The lowest BCUT2D eigenvalue weighted by molar-refractivity contribution is 0.768. The summed E-state index contributed by atoms with van der Waals surface area (Å²) in [5.41, 5.74) is 5.03. The third kappa shape index (κ3) is 2.62. The first-order chi connectivity index (χ1) is 11.7. The number of benzene rings is 1. The van der Waals surface area contributed by atoms with Crippen molar-refractivity contribution in [2.24, 2.45) is 14.1 Å². The molecule has 4 rings (SSSR count). The number of rotatable bonds is 4. The van der Waals surface area contributed by atoms with Gasteiger partial charge in [0.2, 0.25) is 5.95 Å². The molecule has 6 nitrogen and oxygen atoms in total. The Morgan fingerprint density at radius 3 is 2.67 bits per heavy atom. The topological polar surface area (TPSA) is 60.6 Å². The zero-order valence-corrected chi connectivity index (χ0v) is 13.6. The third-order valence-electron chi connectivity index (χ3n) is 4.06. The number of hydrogen-bond donors (Lipinski definition) is 1. The molecule has 1 N–H and O–H groups in total. The molecular formula is C18H18N6. The average molecular weight is 318 g/mol. The average Bonchev–Trinajstić information content (AvgIpc) is 3.18. The summed E-state index contributed by atoms with van der Waals surface area (Å²) in [4.78, 5) is 9.14. The maximum absolute atomic E-state index is 4.64. The van der Waals surface area contributed by atoms with Crippen molar-refractivity contribution in [2.75, 3.05) is 5.32 Å². The number of hydrogen-bond acceptors (Lipinski definition) is 4. The SMILES string of the molecule is Cn1cc(-c2cc3c(cn2)nc(NCc2ccccc2)n3C)cn1. The molecule has 0 saturated carbocycles. The summed E-state index contributed by atoms with van der Waals surface area (Å²) in [7, 11) is 3.91. The van der Waals surface area contributed by atoms with Gasteiger partial charge in [-0.05, 0) is 11.6 Å². The van der Waals surface area contributed by atoms with Gasteiger partial charge in [-0.3, -0.25) is 9.67 Å². The number of aromatic nitrogens is 5. The summed E-state index contributed by atoms with van der Waals surface area (Å²) >= 11 is 0. The number of imidazole rings is 1. The van der Waals surface area contributed by atoms with Crippen LogP contribution in [0.1, 0.15) is 5.56 Å². The predicted octanol–water partition coefficient (Wildman–Crippen LogP) is 2.98. The molecule has 24 heavy (non-hydrogen) atoms. The molecule has 0 bridgehead atoms. The van der Waals surface area contributed by atoms with E-state index in [1.165, 1.54) is 5.56 Å². The van der Waals surface area contributed by atoms with Gasteiger partial charge in [0.15, 0.2) is 0 Å². The number of nitrogens with zero attached hydrogens (tertiary/aromatic N) is 5. The summed E-state index contributed by atoms with van der Waals surface area (Å²) in [6.45, 7) is 0.737. The first-order valence-electron chi connectivity index (χ1n) is 7.80. The Morgan fingerprint density at radius 1 is 1.08 bits per heavy atom. The van der Waals surface area contributed by atoms with E-state index in [2.05, 4.69) is 37.1 Å². The molecule has 3 heterocycles. The van der Waals surface area contributed by atoms with Crippen LogP contribution in [0.2, 0.25) is 0 Å². The molecule has 6 heteroatoms. The standard InChI is InChI=1S/C18H18N6/c1-23-12-14(10-21-23)15-8-17-16(11-19-15)22-18(24(17)2)20-9-13-6-4-3-5-7-13/h3-8,10-12H,9H2,1-2H3,(H,20,22). The highest BCUT2D eigenvalue weighted by atomic mass is 15.2. The monoisotopic (exact) mass is 318 g/mol. The molecule has 0 atom stereocenters. The van der Waals surface area contributed by atoms with Crippen LogP contribution in [0.4, 0.5) is 5.95 Å². The molecule has 0 unspecified atom stereocenters. The highest BCUT2D eigenvalue weighted by Crippen LogP contribution is 2.23. The zero-order chi connectivity index (χ0) is 16.5. The van der Waals surface area contributed by atoms with Crippen molar-refractivity contribution in [1.29, 1.82) is 0 Å². The minimum absolute atomic E-state index is 0.737. The zero-order valence-electron chi connectivity index (χ0n) is 13.6. The van der Waals surface area contributed by atoms with Crippen molar-refractivity contribution < 1.29 is 0 Å². The largest absolute Gasteiger partial charge is 0.352 e. The molecule has 0 fully saturated rings. The van der Waals surface area contributed by atoms with Crippen molar-refractivity contribution in [3.8, 4) is 11.3 Å². The van der Waals surface area contributed by atoms with Crippen LogP contribution < -0.4 is 5.32 Å². The molecule has 3 aromatic heterocycles. The summed E-state index contributed by atoms with van der Waals surface area (Å²) in [5, 5.41) is 7.60. The minimum atomic E-state index is 0.737. The van der Waals surface area contributed by atoms with Crippen molar-refractivity contribution in [3.05, 3.63) is 60.6 Å². The molecule has 0 saturated heterocycles. The lowest BCUT2D eigenvalue weighted by atomic mass is 10.2. The van der Waals surface area contributed by atoms with E-state index < -0.39 is 0 Å². The smallest absolute Gasteiger partial charge is 0.203 e. The Bertz CT molecular complexity index is 983. The first kappa shape index (κ1) is 14.4. The summed E-state index contributed by atoms with van der Waals surface area (Å²) in [5.74, 6) is 0.832. The Morgan fingerprint density at radius 2 is 1.92 bits per heavy atom. The Kier molecular flexibility index (Phi) is 3.49. The van der Waals surface area contributed by atoms with Crippen LogP contribution >= 0.6 is 0 Å². The fourth-order valence-corrected chi connectivity index (χ4v) is 2.74. The number of pyridine rings is 1. The predicted molar refractivity (Wildman–Crippen MR) is 94.5 cm³/mol. The molecule has 4 aromatic rings. The van der Waals surface area contributed by atoms with Crippen LogP contribution in [0.3, 0.4) is 0 Å². The molecule has 0 aliphatic heterocycles. The van der Waals surface area contributed by atoms with Gasteiger partial charge in [0, 0.05) is 32.4 Å². The number of aryl methyl sites for hydroxylation is 2. The van der Waals surface area contributed by atoms with E-state index in [-0.39, 0.29) is 0 Å². The second-order valence-corrected chi connectivity index (χ2v) is 5.79. The number of anilines is 1. The van der Waals surface area contributed by atoms with E-state index in [9.17, 15) is 0 Å². The van der Waals surface area contributed by atoms with Gasteiger partial charge in [0.25, 0.3) is 0 Å². The Balaban J connectivity index is 1.65. The van der Waals surface area contributed by atoms with Crippen LogP contribution in [0, 0.1) is 0 Å². The fourth-order valence-electron chi connectivity index (χ4n) is 2.74. The molecule has 1 aromatic carbocycles. The Hall–Kier alpha value is -3.15. The van der Waals surface area contributed by atoms with E-state index in [1.54, 1.807) is 4.68 Å². The highest BCUT2D eigenvalue weighted by Gasteiger charge is 2.10. The fraction of sp³-hybridized carbons (Fsp3) is 0.167.